The van der Waals surface area contributed by atoms with E-state index in [0.29, 0.717) is 11.8 Å². The maximum Gasteiger partial charge on any atom is 0.220 e. The van der Waals surface area contributed by atoms with Crippen molar-refractivity contribution in [2.24, 2.45) is 0 Å². The zero-order valence-corrected chi connectivity index (χ0v) is 21.6. The van der Waals surface area contributed by atoms with Crippen molar-refractivity contribution in [2.45, 2.75) is 65.5 Å². The van der Waals surface area contributed by atoms with Crippen molar-refractivity contribution in [3.05, 3.63) is 58.3 Å². The molecule has 2 saturated heterocycles. The highest BCUT2D eigenvalue weighted by Gasteiger charge is 2.16. The van der Waals surface area contributed by atoms with E-state index in [1.807, 2.05) is 12.2 Å². The maximum absolute atomic E-state index is 6.08. The van der Waals surface area contributed by atoms with Crippen LogP contribution < -0.4 is 0 Å². The van der Waals surface area contributed by atoms with Crippen LogP contribution in [0.1, 0.15) is 72.6 Å². The van der Waals surface area contributed by atoms with Crippen LogP contribution >= 0.6 is 0 Å². The van der Waals surface area contributed by atoms with Crippen molar-refractivity contribution in [2.75, 3.05) is 26.2 Å². The summed E-state index contributed by atoms with van der Waals surface area (Å²) in [5, 5.41) is 0. The van der Waals surface area contributed by atoms with Gasteiger partial charge in [-0.2, -0.15) is 0 Å². The highest BCUT2D eigenvalue weighted by Crippen LogP contribution is 2.26. The van der Waals surface area contributed by atoms with Gasteiger partial charge in [0.2, 0.25) is 11.8 Å². The molecule has 2 fully saturated rings. The van der Waals surface area contributed by atoms with Crippen LogP contribution in [-0.4, -0.2) is 45.9 Å². The van der Waals surface area contributed by atoms with E-state index in [2.05, 4.69) is 57.9 Å². The number of benzene rings is 2. The molecule has 0 amide bonds. The van der Waals surface area contributed by atoms with Crippen molar-refractivity contribution >= 4 is 34.4 Å². The fourth-order valence-corrected chi connectivity index (χ4v) is 5.62. The highest BCUT2D eigenvalue weighted by atomic mass is 16.4. The molecule has 6 nitrogen and oxygen atoms in total. The van der Waals surface area contributed by atoms with Crippen LogP contribution in [0.25, 0.3) is 34.4 Å². The number of aromatic nitrogens is 2. The molecule has 36 heavy (non-hydrogen) atoms. The first-order valence-electron chi connectivity index (χ1n) is 13.5. The van der Waals surface area contributed by atoms with Gasteiger partial charge < -0.3 is 8.83 Å². The van der Waals surface area contributed by atoms with Crippen molar-refractivity contribution < 1.29 is 8.83 Å². The minimum absolute atomic E-state index is 0.573. The van der Waals surface area contributed by atoms with Crippen LogP contribution in [0.4, 0.5) is 0 Å². The van der Waals surface area contributed by atoms with Crippen molar-refractivity contribution in [3.63, 3.8) is 0 Å². The number of aryl methyl sites for hydroxylation is 2. The average molecular weight is 485 g/mol. The maximum atomic E-state index is 6.08. The third-order valence-electron chi connectivity index (χ3n) is 7.78. The lowest BCUT2D eigenvalue weighted by atomic mass is 10.1. The molecule has 188 valence electrons. The smallest absolute Gasteiger partial charge is 0.220 e. The Morgan fingerprint density at radius 2 is 1.06 bits per heavy atom. The summed E-state index contributed by atoms with van der Waals surface area (Å²) < 4.78 is 12.2. The molecule has 2 aliphatic heterocycles. The lowest BCUT2D eigenvalue weighted by Crippen LogP contribution is -2.29. The second kappa shape index (κ2) is 10.2. The molecule has 0 atom stereocenters. The number of hydrogen-bond acceptors (Lipinski definition) is 6. The number of likely N-dealkylation sites (tertiary alicyclic amines) is 2. The third kappa shape index (κ3) is 5.11. The topological polar surface area (TPSA) is 58.5 Å². The Morgan fingerprint density at radius 3 is 1.47 bits per heavy atom. The predicted molar refractivity (Wildman–Crippen MR) is 145 cm³/mol. The summed E-state index contributed by atoms with van der Waals surface area (Å²) in [6.07, 6.45) is 11.6. The Labute approximate surface area is 213 Å². The Hall–Kier alpha value is -2.96. The van der Waals surface area contributed by atoms with Gasteiger partial charge in [0.05, 0.1) is 0 Å². The molecule has 0 bridgehead atoms. The quantitative estimate of drug-likeness (QED) is 0.302. The van der Waals surface area contributed by atoms with Gasteiger partial charge in [0, 0.05) is 25.2 Å². The van der Waals surface area contributed by atoms with E-state index < -0.39 is 0 Å². The first-order valence-corrected chi connectivity index (χ1v) is 13.5. The minimum atomic E-state index is 0.573. The molecule has 0 unspecified atom stereocenters. The number of oxazole rings is 2. The van der Waals surface area contributed by atoms with Crippen LogP contribution in [0.5, 0.6) is 0 Å². The summed E-state index contributed by atoms with van der Waals surface area (Å²) in [5.41, 5.74) is 8.65. The summed E-state index contributed by atoms with van der Waals surface area (Å²) in [5.74, 6) is 1.15. The third-order valence-corrected chi connectivity index (χ3v) is 7.78. The van der Waals surface area contributed by atoms with E-state index in [0.717, 1.165) is 35.3 Å². The molecule has 0 radical (unpaired) electrons. The molecular formula is C30H36N4O2. The summed E-state index contributed by atoms with van der Waals surface area (Å²) in [7, 11) is 0. The van der Waals surface area contributed by atoms with Gasteiger partial charge in [-0.3, -0.25) is 9.80 Å². The standard InChI is InChI=1S/C30H36N4O2/c1-21-15-25-27(17-23(21)19-33-11-5-3-6-12-33)35-29(31-25)9-10-30-32-26-16-22(2)24(18-28(26)36-30)20-34-13-7-4-8-14-34/h9-10,15-18H,3-8,11-14,19-20H2,1-2H3/b10-9-. The Morgan fingerprint density at radius 1 is 0.639 bits per heavy atom. The van der Waals surface area contributed by atoms with Gasteiger partial charge in [0.25, 0.3) is 0 Å². The molecule has 2 aromatic heterocycles. The summed E-state index contributed by atoms with van der Waals surface area (Å²) in [6, 6.07) is 8.61. The van der Waals surface area contributed by atoms with E-state index in [1.54, 1.807) is 0 Å². The fraction of sp³-hybridized carbons (Fsp3) is 0.467. The van der Waals surface area contributed by atoms with Gasteiger partial charge in [-0.15, -0.1) is 0 Å². The number of hydrogen-bond donors (Lipinski definition) is 0. The monoisotopic (exact) mass is 484 g/mol. The van der Waals surface area contributed by atoms with Gasteiger partial charge >= 0.3 is 0 Å². The molecule has 0 spiro atoms. The molecular weight excluding hydrogens is 448 g/mol. The molecule has 6 rings (SSSR count). The van der Waals surface area contributed by atoms with Gasteiger partial charge in [0.15, 0.2) is 11.2 Å². The zero-order chi connectivity index (χ0) is 24.5. The molecule has 0 aliphatic carbocycles. The van der Waals surface area contributed by atoms with Gasteiger partial charge in [-0.25, -0.2) is 9.97 Å². The largest absolute Gasteiger partial charge is 0.437 e. The number of piperidine rings is 2. The van der Waals surface area contributed by atoms with Gasteiger partial charge in [-0.1, -0.05) is 12.8 Å². The van der Waals surface area contributed by atoms with Crippen LogP contribution in [-0.2, 0) is 13.1 Å². The Balaban J connectivity index is 1.19. The van der Waals surface area contributed by atoms with Gasteiger partial charge in [-0.05, 0) is 112 Å². The van der Waals surface area contributed by atoms with Crippen LogP contribution in [0.3, 0.4) is 0 Å². The molecule has 6 heteroatoms. The fourth-order valence-electron chi connectivity index (χ4n) is 5.62. The molecule has 2 aliphatic rings. The van der Waals surface area contributed by atoms with Crippen molar-refractivity contribution in [1.82, 2.24) is 19.8 Å². The highest BCUT2D eigenvalue weighted by molar-refractivity contribution is 5.79. The average Bonchev–Trinajstić information content (AvgIpc) is 3.47. The number of fused-ring (bicyclic) bond motifs is 2. The van der Waals surface area contributed by atoms with Crippen molar-refractivity contribution in [1.29, 1.82) is 0 Å². The van der Waals surface area contributed by atoms with E-state index in [-0.39, 0.29) is 0 Å². The number of rotatable bonds is 6. The lowest BCUT2D eigenvalue weighted by molar-refractivity contribution is 0.220. The van der Waals surface area contributed by atoms with E-state index >= 15 is 0 Å². The molecule has 0 N–H and O–H groups in total. The van der Waals surface area contributed by atoms with Crippen LogP contribution in [0, 0.1) is 13.8 Å². The molecule has 2 aromatic carbocycles. The minimum Gasteiger partial charge on any atom is -0.437 e. The first-order chi connectivity index (χ1) is 17.6. The Kier molecular flexibility index (Phi) is 6.63. The number of nitrogens with zero attached hydrogens (tertiary/aromatic N) is 4. The van der Waals surface area contributed by atoms with E-state index in [4.69, 9.17) is 8.83 Å². The molecule has 0 saturated carbocycles. The molecule has 4 aromatic rings. The van der Waals surface area contributed by atoms with Crippen LogP contribution in [0.15, 0.2) is 33.1 Å². The second-order valence-corrected chi connectivity index (χ2v) is 10.6. The van der Waals surface area contributed by atoms with E-state index in [1.165, 1.54) is 87.0 Å². The SMILES string of the molecule is Cc1cc2nc(/C=C\c3nc4cc(C)c(CN5CCCCC5)cc4o3)oc2cc1CN1CCCCC1. The second-order valence-electron chi connectivity index (χ2n) is 10.6. The Bertz CT molecular complexity index is 1280. The van der Waals surface area contributed by atoms with Gasteiger partial charge in [0.1, 0.15) is 11.0 Å². The molecule has 4 heterocycles. The summed E-state index contributed by atoms with van der Waals surface area (Å²) in [4.78, 5) is 14.5. The van der Waals surface area contributed by atoms with E-state index in [9.17, 15) is 0 Å². The summed E-state index contributed by atoms with van der Waals surface area (Å²) >= 11 is 0. The zero-order valence-electron chi connectivity index (χ0n) is 21.6. The first kappa shape index (κ1) is 23.4. The summed E-state index contributed by atoms with van der Waals surface area (Å²) in [6.45, 7) is 11.0. The normalized spacial score (nSPS) is 18.2. The van der Waals surface area contributed by atoms with Crippen molar-refractivity contribution in [3.8, 4) is 0 Å². The lowest BCUT2D eigenvalue weighted by Gasteiger charge is -2.26. The van der Waals surface area contributed by atoms with Crippen LogP contribution in [0.2, 0.25) is 0 Å². The predicted octanol–water partition coefficient (Wildman–Crippen LogP) is 6.73.